The molecule has 1 atom stereocenters. The molecule has 0 aromatic carbocycles. The van der Waals surface area contributed by atoms with Crippen molar-refractivity contribution in [1.82, 2.24) is 4.67 Å². The molecule has 74 valence electrons. The van der Waals surface area contributed by atoms with E-state index < -0.39 is 5.97 Å². The summed E-state index contributed by atoms with van der Waals surface area (Å²) < 4.78 is 2.25. The van der Waals surface area contributed by atoms with Crippen molar-refractivity contribution < 1.29 is 9.90 Å². The summed E-state index contributed by atoms with van der Waals surface area (Å²) >= 11 is 0. The van der Waals surface area contributed by atoms with Crippen LogP contribution in [0.3, 0.4) is 0 Å². The lowest BCUT2D eigenvalue weighted by Crippen LogP contribution is -2.46. The average Bonchev–Trinajstić information content (AvgIpc) is 2.02. The number of carboxylic acid groups (broad SMARTS) is 1. The monoisotopic (exact) mass is 201 g/mol. The molecule has 0 aromatic rings. The Balaban J connectivity index is 1.86. The summed E-state index contributed by atoms with van der Waals surface area (Å²) in [6.45, 7) is 2.22. The molecule has 0 bridgehead atoms. The van der Waals surface area contributed by atoms with Gasteiger partial charge in [0.2, 0.25) is 0 Å². The van der Waals surface area contributed by atoms with Crippen LogP contribution in [0.4, 0.5) is 0 Å². The maximum absolute atomic E-state index is 10.7. The fourth-order valence-electron chi connectivity index (χ4n) is 2.57. The lowest BCUT2D eigenvalue weighted by molar-refractivity contribution is -0.151. The highest BCUT2D eigenvalue weighted by molar-refractivity contribution is 7.13. The molecule has 3 nitrogen and oxygen atoms in total. The van der Waals surface area contributed by atoms with Crippen LogP contribution in [-0.2, 0) is 4.79 Å². The van der Waals surface area contributed by atoms with E-state index in [0.29, 0.717) is 5.41 Å². The molecule has 1 unspecified atom stereocenters. The van der Waals surface area contributed by atoms with Gasteiger partial charge in [0.1, 0.15) is 0 Å². The van der Waals surface area contributed by atoms with Crippen LogP contribution in [0.25, 0.3) is 0 Å². The van der Waals surface area contributed by atoms with E-state index in [1.807, 2.05) is 0 Å². The predicted molar refractivity (Wildman–Crippen MR) is 53.3 cm³/mol. The zero-order valence-electron chi connectivity index (χ0n) is 7.70. The molecule has 13 heavy (non-hydrogen) atoms. The van der Waals surface area contributed by atoms with E-state index in [4.69, 9.17) is 5.11 Å². The molecule has 1 spiro atoms. The Labute approximate surface area is 80.7 Å². The summed E-state index contributed by atoms with van der Waals surface area (Å²) in [5, 5.41) is 8.78. The van der Waals surface area contributed by atoms with E-state index in [9.17, 15) is 4.79 Å². The van der Waals surface area contributed by atoms with Crippen LogP contribution in [0, 0.1) is 11.3 Å². The van der Waals surface area contributed by atoms with Crippen molar-refractivity contribution in [3.8, 4) is 0 Å². The highest BCUT2D eigenvalue weighted by Gasteiger charge is 2.48. The van der Waals surface area contributed by atoms with E-state index in [0.717, 1.165) is 25.9 Å². The van der Waals surface area contributed by atoms with Gasteiger partial charge in [-0.15, -0.1) is 0 Å². The summed E-state index contributed by atoms with van der Waals surface area (Å²) in [7, 11) is 2.72. The van der Waals surface area contributed by atoms with Crippen molar-refractivity contribution in [2.75, 3.05) is 13.1 Å². The SMILES string of the molecule is O=C(O)C1CC2(CCN(P)CC2)C1. The summed E-state index contributed by atoms with van der Waals surface area (Å²) in [5.74, 6) is -0.644. The lowest BCUT2D eigenvalue weighted by Gasteiger charge is -2.50. The largest absolute Gasteiger partial charge is 0.481 e. The fourth-order valence-corrected chi connectivity index (χ4v) is 2.83. The fraction of sp³-hybridized carbons (Fsp3) is 0.889. The van der Waals surface area contributed by atoms with Crippen LogP contribution in [0.5, 0.6) is 0 Å². The van der Waals surface area contributed by atoms with Crippen LogP contribution < -0.4 is 0 Å². The molecule has 1 saturated carbocycles. The van der Waals surface area contributed by atoms with Crippen molar-refractivity contribution in [3.63, 3.8) is 0 Å². The van der Waals surface area contributed by atoms with E-state index >= 15 is 0 Å². The molecule has 4 heteroatoms. The molecular weight excluding hydrogens is 185 g/mol. The molecule has 0 aromatic heterocycles. The number of rotatable bonds is 1. The Morgan fingerprint density at radius 2 is 1.92 bits per heavy atom. The van der Waals surface area contributed by atoms with Gasteiger partial charge < -0.3 is 5.11 Å². The molecular formula is C9H16NO2P. The van der Waals surface area contributed by atoms with E-state index in [1.165, 1.54) is 12.8 Å². The van der Waals surface area contributed by atoms with Gasteiger partial charge in [0.15, 0.2) is 0 Å². The van der Waals surface area contributed by atoms with Crippen molar-refractivity contribution in [2.45, 2.75) is 25.7 Å². The Morgan fingerprint density at radius 3 is 2.38 bits per heavy atom. The number of carbonyl (C=O) groups is 1. The zero-order valence-corrected chi connectivity index (χ0v) is 8.85. The van der Waals surface area contributed by atoms with Crippen LogP contribution in [0.2, 0.25) is 0 Å². The third-order valence-electron chi connectivity index (χ3n) is 3.57. The van der Waals surface area contributed by atoms with Gasteiger partial charge in [-0.2, -0.15) is 0 Å². The molecule has 1 aliphatic heterocycles. The number of aliphatic carboxylic acids is 1. The minimum atomic E-state index is -0.598. The molecule has 2 aliphatic rings. The standard InChI is InChI=1S/C9H16NO2P/c11-8(12)7-5-9(6-7)1-3-10(13)4-2-9/h7H,1-6,13H2,(H,11,12). The molecule has 1 aliphatic carbocycles. The number of carboxylic acids is 1. The number of hydrogen-bond acceptors (Lipinski definition) is 2. The summed E-state index contributed by atoms with van der Waals surface area (Å²) in [6.07, 6.45) is 4.20. The van der Waals surface area contributed by atoms with Gasteiger partial charge in [0.05, 0.1) is 5.92 Å². The number of hydrogen-bond donors (Lipinski definition) is 1. The second-order valence-electron chi connectivity index (χ2n) is 4.48. The molecule has 0 amide bonds. The lowest BCUT2D eigenvalue weighted by atomic mass is 9.58. The van der Waals surface area contributed by atoms with Gasteiger partial charge in [-0.25, -0.2) is 0 Å². The van der Waals surface area contributed by atoms with Crippen LogP contribution in [0.15, 0.2) is 0 Å². The van der Waals surface area contributed by atoms with Crippen LogP contribution in [0.1, 0.15) is 25.7 Å². The molecule has 2 rings (SSSR count). The Morgan fingerprint density at radius 1 is 1.38 bits per heavy atom. The van der Waals surface area contributed by atoms with Gasteiger partial charge in [-0.3, -0.25) is 9.46 Å². The number of nitrogens with zero attached hydrogens (tertiary/aromatic N) is 1. The third kappa shape index (κ3) is 1.72. The Hall–Kier alpha value is -0.140. The van der Waals surface area contributed by atoms with Crippen molar-refractivity contribution in [1.29, 1.82) is 0 Å². The number of piperidine rings is 1. The quantitative estimate of drug-likeness (QED) is 0.651. The van der Waals surface area contributed by atoms with Crippen LogP contribution >= 0.6 is 9.39 Å². The maximum Gasteiger partial charge on any atom is 0.306 e. The molecule has 1 saturated heterocycles. The minimum absolute atomic E-state index is 0.0453. The zero-order chi connectivity index (χ0) is 9.47. The Kier molecular flexibility index (Phi) is 2.33. The second-order valence-corrected chi connectivity index (χ2v) is 5.21. The van der Waals surface area contributed by atoms with Crippen molar-refractivity contribution in [3.05, 3.63) is 0 Å². The van der Waals surface area contributed by atoms with E-state index in [-0.39, 0.29) is 5.92 Å². The summed E-state index contributed by atoms with van der Waals surface area (Å²) in [4.78, 5) is 10.7. The van der Waals surface area contributed by atoms with Crippen LogP contribution in [-0.4, -0.2) is 28.8 Å². The normalized spacial score (nSPS) is 28.7. The average molecular weight is 201 g/mol. The van der Waals surface area contributed by atoms with Gasteiger partial charge in [-0.05, 0) is 31.1 Å². The van der Waals surface area contributed by atoms with E-state index in [2.05, 4.69) is 14.1 Å². The van der Waals surface area contributed by atoms with Gasteiger partial charge in [-0.1, -0.05) is 9.39 Å². The third-order valence-corrected chi connectivity index (χ3v) is 4.08. The van der Waals surface area contributed by atoms with Gasteiger partial charge in [0.25, 0.3) is 0 Å². The molecule has 2 fully saturated rings. The first kappa shape index (κ1) is 9.42. The van der Waals surface area contributed by atoms with Gasteiger partial charge in [0, 0.05) is 13.1 Å². The minimum Gasteiger partial charge on any atom is -0.481 e. The molecule has 0 radical (unpaired) electrons. The highest BCUT2D eigenvalue weighted by Crippen LogP contribution is 2.52. The first-order chi connectivity index (χ1) is 6.11. The van der Waals surface area contributed by atoms with Gasteiger partial charge >= 0.3 is 5.97 Å². The first-order valence-corrected chi connectivity index (χ1v) is 5.35. The predicted octanol–water partition coefficient (Wildman–Crippen LogP) is 1.35. The topological polar surface area (TPSA) is 40.5 Å². The molecule has 1 N–H and O–H groups in total. The second kappa shape index (κ2) is 3.21. The van der Waals surface area contributed by atoms with E-state index in [1.54, 1.807) is 0 Å². The maximum atomic E-state index is 10.7. The molecule has 1 heterocycles. The first-order valence-electron chi connectivity index (χ1n) is 4.84. The summed E-state index contributed by atoms with van der Waals surface area (Å²) in [5.41, 5.74) is 0.399. The Bertz CT molecular complexity index is 216. The summed E-state index contributed by atoms with van der Waals surface area (Å²) in [6, 6.07) is 0. The van der Waals surface area contributed by atoms with Crippen molar-refractivity contribution >= 4 is 15.4 Å². The smallest absolute Gasteiger partial charge is 0.306 e. The highest BCUT2D eigenvalue weighted by atomic mass is 31.0. The van der Waals surface area contributed by atoms with Crippen molar-refractivity contribution in [2.24, 2.45) is 11.3 Å².